The number of hydrogen-bond acceptors (Lipinski definition) is 2. The third-order valence-electron chi connectivity index (χ3n) is 4.37. The summed E-state index contributed by atoms with van der Waals surface area (Å²) in [4.78, 5) is 8.74. The van der Waals surface area contributed by atoms with Crippen molar-refractivity contribution in [2.75, 3.05) is 0 Å². The van der Waals surface area contributed by atoms with Crippen molar-refractivity contribution < 1.29 is 0 Å². The molecule has 1 aromatic carbocycles. The zero-order chi connectivity index (χ0) is 16.9. The van der Waals surface area contributed by atoms with Crippen LogP contribution in [0.25, 0.3) is 16.7 Å². The van der Waals surface area contributed by atoms with E-state index < -0.39 is 0 Å². The van der Waals surface area contributed by atoms with E-state index in [-0.39, 0.29) is 0 Å². The molecule has 0 amide bonds. The van der Waals surface area contributed by atoms with Crippen molar-refractivity contribution in [2.45, 2.75) is 20.3 Å². The van der Waals surface area contributed by atoms with Crippen LogP contribution in [-0.4, -0.2) is 11.2 Å². The highest BCUT2D eigenvalue weighted by Gasteiger charge is 2.16. The highest BCUT2D eigenvalue weighted by Crippen LogP contribution is 2.38. The molecular formula is C22H22N2. The van der Waals surface area contributed by atoms with E-state index in [0.717, 1.165) is 23.2 Å². The summed E-state index contributed by atoms with van der Waals surface area (Å²) in [7, 11) is 0. The molecule has 0 radical (unpaired) electrons. The van der Waals surface area contributed by atoms with Gasteiger partial charge in [-0.1, -0.05) is 37.8 Å². The van der Waals surface area contributed by atoms with Gasteiger partial charge < -0.3 is 0 Å². The van der Waals surface area contributed by atoms with Crippen molar-refractivity contribution in [3.8, 4) is 11.1 Å². The maximum Gasteiger partial charge on any atom is 0.0737 e. The molecule has 2 aromatic rings. The Morgan fingerprint density at radius 3 is 2.71 bits per heavy atom. The van der Waals surface area contributed by atoms with Crippen LogP contribution in [0.15, 0.2) is 72.5 Å². The normalized spacial score (nSPS) is 17.1. The van der Waals surface area contributed by atoms with Gasteiger partial charge in [0.1, 0.15) is 0 Å². The molecule has 0 N–H and O–H groups in total. The van der Waals surface area contributed by atoms with E-state index in [1.807, 2.05) is 24.5 Å². The zero-order valence-electron chi connectivity index (χ0n) is 14.2. The molecule has 1 aromatic heterocycles. The number of pyridine rings is 1. The minimum atomic E-state index is 0.530. The summed E-state index contributed by atoms with van der Waals surface area (Å²) in [6.45, 7) is 8.13. The first-order valence-corrected chi connectivity index (χ1v) is 8.28. The Kier molecular flexibility index (Phi) is 4.85. The van der Waals surface area contributed by atoms with E-state index in [9.17, 15) is 0 Å². The standard InChI is InChI=1S/C22H22N2/c1-4-11-24-22-17(3)14-19(20-8-6-5-7-16(20)2)15-21(22)18-9-12-23-13-10-18/h4-6,8-16H,1,7H2,2-3H3. The molecule has 3 rings (SSSR count). The highest BCUT2D eigenvalue weighted by molar-refractivity contribution is 5.86. The Balaban J connectivity index is 2.20. The van der Waals surface area contributed by atoms with Gasteiger partial charge in [0.15, 0.2) is 0 Å². The molecule has 24 heavy (non-hydrogen) atoms. The van der Waals surface area contributed by atoms with Gasteiger partial charge in [0.25, 0.3) is 0 Å². The van der Waals surface area contributed by atoms with Crippen LogP contribution < -0.4 is 0 Å². The third-order valence-corrected chi connectivity index (χ3v) is 4.37. The molecule has 0 spiro atoms. The van der Waals surface area contributed by atoms with Gasteiger partial charge in [-0.05, 0) is 65.8 Å². The fraction of sp³-hybridized carbons (Fsp3) is 0.182. The second-order valence-electron chi connectivity index (χ2n) is 6.13. The lowest BCUT2D eigenvalue weighted by Gasteiger charge is -2.20. The number of aliphatic imine (C=N–C) groups is 1. The monoisotopic (exact) mass is 314 g/mol. The Hall–Kier alpha value is -2.74. The van der Waals surface area contributed by atoms with E-state index >= 15 is 0 Å². The number of aryl methyl sites for hydroxylation is 1. The van der Waals surface area contributed by atoms with Gasteiger partial charge in [0, 0.05) is 24.2 Å². The van der Waals surface area contributed by atoms with Gasteiger partial charge in [-0.15, -0.1) is 0 Å². The first kappa shape index (κ1) is 16.1. The van der Waals surface area contributed by atoms with E-state index in [0.29, 0.717) is 5.92 Å². The van der Waals surface area contributed by atoms with E-state index in [4.69, 9.17) is 0 Å². The summed E-state index contributed by atoms with van der Waals surface area (Å²) in [5.41, 5.74) is 7.08. The molecule has 1 unspecified atom stereocenters. The molecule has 0 aliphatic heterocycles. The molecule has 2 nitrogen and oxygen atoms in total. The average molecular weight is 314 g/mol. The lowest BCUT2D eigenvalue weighted by Crippen LogP contribution is -2.01. The van der Waals surface area contributed by atoms with Crippen molar-refractivity contribution in [3.63, 3.8) is 0 Å². The average Bonchev–Trinajstić information content (AvgIpc) is 2.61. The third kappa shape index (κ3) is 3.28. The van der Waals surface area contributed by atoms with Gasteiger partial charge in [-0.3, -0.25) is 9.98 Å². The fourth-order valence-electron chi connectivity index (χ4n) is 3.12. The van der Waals surface area contributed by atoms with Crippen molar-refractivity contribution in [1.82, 2.24) is 4.98 Å². The Labute approximate surface area is 144 Å². The van der Waals surface area contributed by atoms with Gasteiger partial charge in [0.05, 0.1) is 5.69 Å². The lowest BCUT2D eigenvalue weighted by atomic mass is 9.85. The highest BCUT2D eigenvalue weighted by atomic mass is 14.7. The van der Waals surface area contributed by atoms with Crippen LogP contribution in [0.4, 0.5) is 5.69 Å². The van der Waals surface area contributed by atoms with Crippen LogP contribution in [0.3, 0.4) is 0 Å². The minimum absolute atomic E-state index is 0.530. The van der Waals surface area contributed by atoms with E-state index in [1.54, 1.807) is 12.3 Å². The van der Waals surface area contributed by atoms with Crippen LogP contribution in [-0.2, 0) is 0 Å². The first-order valence-electron chi connectivity index (χ1n) is 8.28. The zero-order valence-corrected chi connectivity index (χ0v) is 14.2. The van der Waals surface area contributed by atoms with Crippen molar-refractivity contribution in [2.24, 2.45) is 10.9 Å². The summed E-state index contributed by atoms with van der Waals surface area (Å²) in [6, 6.07) is 8.55. The van der Waals surface area contributed by atoms with Crippen LogP contribution in [0.5, 0.6) is 0 Å². The molecule has 1 heterocycles. The molecule has 120 valence electrons. The summed E-state index contributed by atoms with van der Waals surface area (Å²) in [5, 5.41) is 0. The molecule has 0 saturated heterocycles. The van der Waals surface area contributed by atoms with Gasteiger partial charge in [0.2, 0.25) is 0 Å². The molecule has 1 aliphatic carbocycles. The number of nitrogens with zero attached hydrogens (tertiary/aromatic N) is 2. The summed E-state index contributed by atoms with van der Waals surface area (Å²) in [6.07, 6.45) is 14.8. The van der Waals surface area contributed by atoms with Gasteiger partial charge in [-0.25, -0.2) is 0 Å². The van der Waals surface area contributed by atoms with E-state index in [1.165, 1.54) is 16.7 Å². The summed E-state index contributed by atoms with van der Waals surface area (Å²) >= 11 is 0. The Morgan fingerprint density at radius 1 is 1.21 bits per heavy atom. The number of benzene rings is 1. The lowest BCUT2D eigenvalue weighted by molar-refractivity contribution is 0.758. The summed E-state index contributed by atoms with van der Waals surface area (Å²) < 4.78 is 0. The van der Waals surface area contributed by atoms with Crippen LogP contribution in [0, 0.1) is 12.8 Å². The van der Waals surface area contributed by atoms with Crippen molar-refractivity contribution in [1.29, 1.82) is 0 Å². The van der Waals surface area contributed by atoms with Crippen molar-refractivity contribution in [3.05, 3.63) is 78.7 Å². The molecule has 1 aliphatic rings. The minimum Gasteiger partial charge on any atom is -0.265 e. The quantitative estimate of drug-likeness (QED) is 0.642. The largest absolute Gasteiger partial charge is 0.265 e. The molecule has 0 saturated carbocycles. The second-order valence-corrected chi connectivity index (χ2v) is 6.13. The van der Waals surface area contributed by atoms with Crippen LogP contribution in [0.2, 0.25) is 0 Å². The molecule has 1 atom stereocenters. The smallest absolute Gasteiger partial charge is 0.0737 e. The summed E-state index contributed by atoms with van der Waals surface area (Å²) in [5.74, 6) is 0.530. The maximum absolute atomic E-state index is 4.61. The predicted octanol–water partition coefficient (Wildman–Crippen LogP) is 5.92. The SMILES string of the molecule is C=CC=Nc1c(C)cc(C2=CC=CCC2C)cc1-c1ccncc1. The van der Waals surface area contributed by atoms with Crippen LogP contribution >= 0.6 is 0 Å². The Morgan fingerprint density at radius 2 is 2.00 bits per heavy atom. The number of rotatable bonds is 4. The fourth-order valence-corrected chi connectivity index (χ4v) is 3.12. The first-order chi connectivity index (χ1) is 11.7. The number of allylic oxidation sites excluding steroid dienone is 5. The van der Waals surface area contributed by atoms with Crippen molar-refractivity contribution >= 4 is 17.5 Å². The second kappa shape index (κ2) is 7.22. The molecule has 0 bridgehead atoms. The number of aromatic nitrogens is 1. The predicted molar refractivity (Wildman–Crippen MR) is 104 cm³/mol. The van der Waals surface area contributed by atoms with Crippen LogP contribution in [0.1, 0.15) is 24.5 Å². The van der Waals surface area contributed by atoms with E-state index in [2.05, 4.69) is 60.8 Å². The molecule has 0 fully saturated rings. The van der Waals surface area contributed by atoms with Gasteiger partial charge >= 0.3 is 0 Å². The maximum atomic E-state index is 4.61. The molecular weight excluding hydrogens is 292 g/mol. The van der Waals surface area contributed by atoms with Gasteiger partial charge in [-0.2, -0.15) is 0 Å². The number of hydrogen-bond donors (Lipinski definition) is 0. The molecule has 2 heteroatoms. The Bertz CT molecular complexity index is 827. The topological polar surface area (TPSA) is 25.2 Å².